The fourth-order valence-corrected chi connectivity index (χ4v) is 1.71. The number of nitrogens with one attached hydrogen (secondary N) is 2. The molecule has 0 bridgehead atoms. The molecule has 4 heteroatoms. The van der Waals surface area contributed by atoms with Crippen molar-refractivity contribution in [3.63, 3.8) is 0 Å². The van der Waals surface area contributed by atoms with Crippen molar-refractivity contribution in [2.45, 2.75) is 13.3 Å². The molecular weight excluding hydrogens is 266 g/mol. The second-order valence-electron chi connectivity index (χ2n) is 3.60. The summed E-state index contributed by atoms with van der Waals surface area (Å²) in [6.07, 6.45) is 1.10. The first-order valence-electron chi connectivity index (χ1n) is 5.35. The number of aromatic amines is 1. The van der Waals surface area contributed by atoms with Gasteiger partial charge in [0, 0.05) is 17.1 Å². The van der Waals surface area contributed by atoms with E-state index in [1.54, 1.807) is 0 Å². The Morgan fingerprint density at radius 3 is 2.75 bits per heavy atom. The van der Waals surface area contributed by atoms with Gasteiger partial charge in [0.1, 0.15) is 5.82 Å². The predicted molar refractivity (Wildman–Crippen MR) is 70.5 cm³/mol. The fraction of sp³-hybridized carbons (Fsp3) is 0.250. The van der Waals surface area contributed by atoms with Crippen molar-refractivity contribution in [3.8, 4) is 11.3 Å². The largest absolute Gasteiger partial charge is 0.369 e. The summed E-state index contributed by atoms with van der Waals surface area (Å²) in [6, 6.07) is 10.2. The summed E-state index contributed by atoms with van der Waals surface area (Å²) < 4.78 is 1.08. The summed E-state index contributed by atoms with van der Waals surface area (Å²) in [6.45, 7) is 3.08. The normalized spacial score (nSPS) is 10.4. The fourth-order valence-electron chi connectivity index (χ4n) is 1.44. The van der Waals surface area contributed by atoms with Gasteiger partial charge in [-0.05, 0) is 24.1 Å². The van der Waals surface area contributed by atoms with Crippen LogP contribution in [0.5, 0.6) is 0 Å². The molecule has 1 aromatic carbocycles. The first-order valence-corrected chi connectivity index (χ1v) is 6.14. The summed E-state index contributed by atoms with van der Waals surface area (Å²) >= 11 is 3.42. The quantitative estimate of drug-likeness (QED) is 0.897. The first-order chi connectivity index (χ1) is 7.79. The van der Waals surface area contributed by atoms with Crippen molar-refractivity contribution < 1.29 is 0 Å². The number of H-pyrrole nitrogens is 1. The van der Waals surface area contributed by atoms with E-state index in [1.807, 2.05) is 18.2 Å². The zero-order valence-electron chi connectivity index (χ0n) is 9.13. The topological polar surface area (TPSA) is 40.7 Å². The standard InChI is InChI=1S/C12H14BrN3/c1-2-7-14-12-8-11(15-16-12)9-3-5-10(13)6-4-9/h3-6,8H,2,7H2,1H3,(H2,14,15,16). The summed E-state index contributed by atoms with van der Waals surface area (Å²) in [5.41, 5.74) is 2.17. The Morgan fingerprint density at radius 2 is 2.06 bits per heavy atom. The highest BCUT2D eigenvalue weighted by Gasteiger charge is 2.02. The minimum Gasteiger partial charge on any atom is -0.369 e. The van der Waals surface area contributed by atoms with Crippen LogP contribution in [-0.2, 0) is 0 Å². The Bertz CT molecular complexity index is 448. The van der Waals surface area contributed by atoms with E-state index >= 15 is 0 Å². The smallest absolute Gasteiger partial charge is 0.148 e. The van der Waals surface area contributed by atoms with Crippen LogP contribution in [0.15, 0.2) is 34.8 Å². The van der Waals surface area contributed by atoms with Crippen molar-refractivity contribution in [3.05, 3.63) is 34.8 Å². The summed E-state index contributed by atoms with van der Waals surface area (Å²) in [5.74, 6) is 0.903. The maximum absolute atomic E-state index is 4.20. The minimum absolute atomic E-state index is 0.903. The third-order valence-electron chi connectivity index (χ3n) is 2.29. The lowest BCUT2D eigenvalue weighted by atomic mass is 10.1. The molecule has 3 nitrogen and oxygen atoms in total. The van der Waals surface area contributed by atoms with E-state index in [9.17, 15) is 0 Å². The number of benzene rings is 1. The molecule has 0 aliphatic carbocycles. The van der Waals surface area contributed by atoms with Gasteiger partial charge in [0.25, 0.3) is 0 Å². The lowest BCUT2D eigenvalue weighted by Crippen LogP contribution is -1.99. The third kappa shape index (κ3) is 2.64. The van der Waals surface area contributed by atoms with Crippen LogP contribution in [0.2, 0.25) is 0 Å². The van der Waals surface area contributed by atoms with Crippen LogP contribution < -0.4 is 5.32 Å². The number of aromatic nitrogens is 2. The molecule has 2 aromatic rings. The van der Waals surface area contributed by atoms with E-state index in [-0.39, 0.29) is 0 Å². The lowest BCUT2D eigenvalue weighted by Gasteiger charge is -1.97. The molecule has 16 heavy (non-hydrogen) atoms. The summed E-state index contributed by atoms with van der Waals surface area (Å²) in [5, 5.41) is 10.5. The van der Waals surface area contributed by atoms with Gasteiger partial charge in [-0.25, -0.2) is 0 Å². The molecule has 0 fully saturated rings. The molecule has 0 atom stereocenters. The SMILES string of the molecule is CCCNc1cc(-c2ccc(Br)cc2)[nH]n1. The number of rotatable bonds is 4. The Kier molecular flexibility index (Phi) is 3.62. The number of hydrogen-bond donors (Lipinski definition) is 2. The Morgan fingerprint density at radius 1 is 1.31 bits per heavy atom. The predicted octanol–water partition coefficient (Wildman–Crippen LogP) is 3.66. The molecule has 0 aliphatic heterocycles. The van der Waals surface area contributed by atoms with Crippen molar-refractivity contribution in [2.24, 2.45) is 0 Å². The molecule has 2 rings (SSSR count). The maximum Gasteiger partial charge on any atom is 0.148 e. The van der Waals surface area contributed by atoms with E-state index in [1.165, 1.54) is 0 Å². The number of nitrogens with zero attached hydrogens (tertiary/aromatic N) is 1. The summed E-state index contributed by atoms with van der Waals surface area (Å²) in [7, 11) is 0. The highest BCUT2D eigenvalue weighted by Crippen LogP contribution is 2.21. The van der Waals surface area contributed by atoms with Crippen molar-refractivity contribution in [1.82, 2.24) is 10.2 Å². The zero-order valence-corrected chi connectivity index (χ0v) is 10.7. The Hall–Kier alpha value is -1.29. The number of hydrogen-bond acceptors (Lipinski definition) is 2. The average Bonchev–Trinajstić information content (AvgIpc) is 2.76. The first kappa shape index (κ1) is 11.2. The van der Waals surface area contributed by atoms with Crippen molar-refractivity contribution in [1.29, 1.82) is 0 Å². The molecule has 0 saturated carbocycles. The molecule has 1 aromatic heterocycles. The second-order valence-corrected chi connectivity index (χ2v) is 4.52. The van der Waals surface area contributed by atoms with Crippen LogP contribution in [0.3, 0.4) is 0 Å². The minimum atomic E-state index is 0.903. The summed E-state index contributed by atoms with van der Waals surface area (Å²) in [4.78, 5) is 0. The Balaban J connectivity index is 2.15. The van der Waals surface area contributed by atoms with Crippen LogP contribution in [0.1, 0.15) is 13.3 Å². The second kappa shape index (κ2) is 5.16. The molecule has 2 N–H and O–H groups in total. The van der Waals surface area contributed by atoms with E-state index in [2.05, 4.69) is 50.5 Å². The third-order valence-corrected chi connectivity index (χ3v) is 2.82. The van der Waals surface area contributed by atoms with Gasteiger partial charge in [0.2, 0.25) is 0 Å². The maximum atomic E-state index is 4.20. The van der Waals surface area contributed by atoms with Crippen molar-refractivity contribution >= 4 is 21.7 Å². The van der Waals surface area contributed by atoms with Gasteiger partial charge >= 0.3 is 0 Å². The van der Waals surface area contributed by atoms with Crippen LogP contribution in [0.4, 0.5) is 5.82 Å². The molecule has 0 unspecified atom stereocenters. The monoisotopic (exact) mass is 279 g/mol. The molecule has 0 amide bonds. The van der Waals surface area contributed by atoms with Crippen LogP contribution in [-0.4, -0.2) is 16.7 Å². The van der Waals surface area contributed by atoms with Gasteiger partial charge in [-0.2, -0.15) is 5.10 Å². The molecule has 1 heterocycles. The van der Waals surface area contributed by atoms with Gasteiger partial charge in [0.05, 0.1) is 5.69 Å². The van der Waals surface area contributed by atoms with Crippen LogP contribution in [0, 0.1) is 0 Å². The molecule has 0 aliphatic rings. The number of anilines is 1. The van der Waals surface area contributed by atoms with Crippen molar-refractivity contribution in [2.75, 3.05) is 11.9 Å². The van der Waals surface area contributed by atoms with Gasteiger partial charge in [-0.3, -0.25) is 5.10 Å². The Labute approximate surface area is 103 Å². The highest BCUT2D eigenvalue weighted by molar-refractivity contribution is 9.10. The van der Waals surface area contributed by atoms with E-state index in [4.69, 9.17) is 0 Å². The average molecular weight is 280 g/mol. The van der Waals surface area contributed by atoms with E-state index in [0.29, 0.717) is 0 Å². The highest BCUT2D eigenvalue weighted by atomic mass is 79.9. The van der Waals surface area contributed by atoms with Gasteiger partial charge < -0.3 is 5.32 Å². The van der Waals surface area contributed by atoms with Crippen LogP contribution >= 0.6 is 15.9 Å². The van der Waals surface area contributed by atoms with Gasteiger partial charge in [-0.15, -0.1) is 0 Å². The van der Waals surface area contributed by atoms with E-state index in [0.717, 1.165) is 34.5 Å². The molecule has 0 spiro atoms. The molecule has 0 radical (unpaired) electrons. The van der Waals surface area contributed by atoms with Gasteiger partial charge in [0.15, 0.2) is 0 Å². The lowest BCUT2D eigenvalue weighted by molar-refractivity contribution is 0.961. The van der Waals surface area contributed by atoms with Gasteiger partial charge in [-0.1, -0.05) is 35.0 Å². The zero-order chi connectivity index (χ0) is 11.4. The molecule has 0 saturated heterocycles. The molecular formula is C12H14BrN3. The number of halogens is 1. The van der Waals surface area contributed by atoms with E-state index < -0.39 is 0 Å². The molecule has 84 valence electrons. The van der Waals surface area contributed by atoms with Crippen LogP contribution in [0.25, 0.3) is 11.3 Å².